The topological polar surface area (TPSA) is 131 Å². The van der Waals surface area contributed by atoms with Crippen LogP contribution in [0.4, 0.5) is 10.1 Å². The van der Waals surface area contributed by atoms with Crippen LogP contribution in [-0.4, -0.2) is 40.1 Å². The lowest BCUT2D eigenvalue weighted by Crippen LogP contribution is -2.13. The molecule has 3 N–H and O–H groups in total. The summed E-state index contributed by atoms with van der Waals surface area (Å²) < 4.78 is 48.2. The van der Waals surface area contributed by atoms with E-state index in [9.17, 15) is 17.6 Å². The van der Waals surface area contributed by atoms with Gasteiger partial charge in [0.25, 0.3) is 10.1 Å². The number of para-hydroxylation sites is 1. The molecule has 0 amide bonds. The number of ether oxygens (including phenoxy) is 1. The van der Waals surface area contributed by atoms with Crippen LogP contribution in [0, 0.1) is 5.82 Å². The van der Waals surface area contributed by atoms with Gasteiger partial charge in [0.15, 0.2) is 0 Å². The zero-order chi connectivity index (χ0) is 31.6. The summed E-state index contributed by atoms with van der Waals surface area (Å²) in [4.78, 5) is 10.7. The first-order chi connectivity index (χ1) is 20.2. The van der Waals surface area contributed by atoms with Crippen molar-refractivity contribution in [1.29, 1.82) is 0 Å². The second-order valence-electron chi connectivity index (χ2n) is 11.1. The lowest BCUT2D eigenvalue weighted by Gasteiger charge is -2.14. The van der Waals surface area contributed by atoms with E-state index in [1.165, 1.54) is 6.07 Å². The summed E-state index contributed by atoms with van der Waals surface area (Å²) in [5, 5.41) is 16.9. The van der Waals surface area contributed by atoms with E-state index in [-0.39, 0.29) is 18.3 Å². The summed E-state index contributed by atoms with van der Waals surface area (Å²) in [5.74, 6) is -0.509. The summed E-state index contributed by atoms with van der Waals surface area (Å²) in [7, 11) is -3.67. The molecule has 43 heavy (non-hydrogen) atoms. The zero-order valence-electron chi connectivity index (χ0n) is 24.7. The maximum atomic E-state index is 14.3. The van der Waals surface area contributed by atoms with Gasteiger partial charge in [-0.1, -0.05) is 69.3 Å². The first kappa shape index (κ1) is 33.3. The molecule has 0 aliphatic heterocycles. The Hall–Kier alpha value is -4.22. The first-order valence-corrected chi connectivity index (χ1v) is 15.5. The molecule has 0 aliphatic rings. The Bertz CT molecular complexity index is 1590. The van der Waals surface area contributed by atoms with E-state index in [2.05, 4.69) is 44.3 Å². The van der Waals surface area contributed by atoms with Crippen LogP contribution < -0.4 is 10.1 Å². The van der Waals surface area contributed by atoms with Crippen LogP contribution in [0.5, 0.6) is 5.75 Å². The van der Waals surface area contributed by atoms with Gasteiger partial charge in [-0.2, -0.15) is 13.5 Å². The third-order valence-corrected chi connectivity index (χ3v) is 6.27. The summed E-state index contributed by atoms with van der Waals surface area (Å²) in [5.41, 5.74) is 5.20. The Balaban J connectivity index is 0.000000934. The van der Waals surface area contributed by atoms with Gasteiger partial charge in [-0.05, 0) is 53.4 Å². The molecule has 4 aromatic rings. The Labute approximate surface area is 252 Å². The van der Waals surface area contributed by atoms with E-state index < -0.39 is 21.9 Å². The minimum Gasteiger partial charge on any atom is -0.487 e. The molecule has 230 valence electrons. The number of benzene rings is 3. The molecular formula is C32H38FN3O6S. The zero-order valence-corrected chi connectivity index (χ0v) is 25.6. The molecule has 0 atom stereocenters. The van der Waals surface area contributed by atoms with Crippen molar-refractivity contribution in [1.82, 2.24) is 9.78 Å². The number of rotatable bonds is 11. The van der Waals surface area contributed by atoms with E-state index in [4.69, 9.17) is 19.5 Å². The third-order valence-electron chi connectivity index (χ3n) is 6.27. The van der Waals surface area contributed by atoms with E-state index in [0.717, 1.165) is 28.3 Å². The smallest absolute Gasteiger partial charge is 0.303 e. The predicted molar refractivity (Wildman–Crippen MR) is 164 cm³/mol. The molecular weight excluding hydrogens is 573 g/mol. The van der Waals surface area contributed by atoms with Crippen molar-refractivity contribution in [3.05, 3.63) is 113 Å². The fourth-order valence-electron chi connectivity index (χ4n) is 3.99. The van der Waals surface area contributed by atoms with E-state index >= 15 is 0 Å². The van der Waals surface area contributed by atoms with Crippen LogP contribution in [0.1, 0.15) is 55.3 Å². The molecule has 1 heterocycles. The summed E-state index contributed by atoms with van der Waals surface area (Å²) in [6.07, 6.45) is 0.803. The van der Waals surface area contributed by atoms with Gasteiger partial charge in [0, 0.05) is 24.1 Å². The number of nitrogens with one attached hydrogen (secondary N) is 1. The van der Waals surface area contributed by atoms with Gasteiger partial charge in [-0.3, -0.25) is 14.0 Å². The molecule has 0 spiro atoms. The first-order valence-electron chi connectivity index (χ1n) is 13.7. The molecule has 9 nitrogen and oxygen atoms in total. The van der Waals surface area contributed by atoms with Crippen molar-refractivity contribution in [2.45, 2.75) is 58.7 Å². The maximum Gasteiger partial charge on any atom is 0.303 e. The van der Waals surface area contributed by atoms with E-state index in [0.29, 0.717) is 37.2 Å². The Morgan fingerprint density at radius 3 is 2.21 bits per heavy atom. The van der Waals surface area contributed by atoms with Crippen molar-refractivity contribution in [3.8, 4) is 5.75 Å². The summed E-state index contributed by atoms with van der Waals surface area (Å²) in [6.45, 7) is 8.05. The van der Waals surface area contributed by atoms with Crippen molar-refractivity contribution in [3.63, 3.8) is 0 Å². The molecule has 0 saturated heterocycles. The number of halogens is 1. The number of aryl methyl sites for hydroxylation is 1. The predicted octanol–water partition coefficient (Wildman–Crippen LogP) is 6.08. The standard InChI is InChI=1S/C31H34FN3O3.CH4O3S/c1-31(2,3)29-18-26(21-38-27-7-5-4-6-8-27)35(34-29)20-23-11-9-22(10-12-23)19-33-25-15-13-24(28(32)17-25)14-16-30(36)37;1-5(2,3)4/h4-13,15,17-18,33H,14,16,19-21H2,1-3H3,(H,36,37);1H3,(H,2,3,4). The van der Waals surface area contributed by atoms with Crippen molar-refractivity contribution in [2.24, 2.45) is 0 Å². The van der Waals surface area contributed by atoms with E-state index in [1.54, 1.807) is 12.1 Å². The highest BCUT2D eigenvalue weighted by Gasteiger charge is 2.20. The SMILES string of the molecule is CC(C)(C)c1cc(COc2ccccc2)n(Cc2ccc(CNc3ccc(CCC(=O)O)c(F)c3)cc2)n1.CS(=O)(=O)O. The molecule has 1 aromatic heterocycles. The third kappa shape index (κ3) is 11.9. The average molecular weight is 612 g/mol. The number of hydrogen-bond donors (Lipinski definition) is 3. The maximum absolute atomic E-state index is 14.3. The van der Waals surface area contributed by atoms with Gasteiger partial charge < -0.3 is 15.2 Å². The van der Waals surface area contributed by atoms with Crippen molar-refractivity contribution < 1.29 is 32.0 Å². The number of aromatic nitrogens is 2. The van der Waals surface area contributed by atoms with Gasteiger partial charge >= 0.3 is 5.97 Å². The van der Waals surface area contributed by atoms with Crippen molar-refractivity contribution in [2.75, 3.05) is 11.6 Å². The molecule has 4 rings (SSSR count). The Kier molecular flexibility index (Phi) is 11.4. The molecule has 0 fully saturated rings. The van der Waals surface area contributed by atoms with Gasteiger partial charge in [-0.25, -0.2) is 4.39 Å². The van der Waals surface area contributed by atoms with Crippen molar-refractivity contribution >= 4 is 21.8 Å². The second-order valence-corrected chi connectivity index (χ2v) is 12.6. The van der Waals surface area contributed by atoms with E-state index in [1.807, 2.05) is 47.1 Å². The molecule has 0 saturated carbocycles. The van der Waals surface area contributed by atoms with Gasteiger partial charge in [0.05, 0.1) is 24.2 Å². The number of anilines is 1. The quantitative estimate of drug-likeness (QED) is 0.174. The molecule has 0 radical (unpaired) electrons. The Morgan fingerprint density at radius 1 is 1.00 bits per heavy atom. The molecule has 0 aliphatic carbocycles. The Morgan fingerprint density at radius 2 is 1.63 bits per heavy atom. The van der Waals surface area contributed by atoms with Gasteiger partial charge in [0.1, 0.15) is 18.2 Å². The highest BCUT2D eigenvalue weighted by atomic mass is 32.2. The normalized spacial score (nSPS) is 11.4. The average Bonchev–Trinajstić information content (AvgIpc) is 3.34. The van der Waals surface area contributed by atoms with Gasteiger partial charge in [-0.15, -0.1) is 0 Å². The highest BCUT2D eigenvalue weighted by molar-refractivity contribution is 7.85. The fraction of sp³-hybridized carbons (Fsp3) is 0.312. The number of aliphatic carboxylic acids is 1. The number of hydrogen-bond acceptors (Lipinski definition) is 6. The summed E-state index contributed by atoms with van der Waals surface area (Å²) in [6, 6.07) is 25.0. The fourth-order valence-corrected chi connectivity index (χ4v) is 3.99. The minimum atomic E-state index is -3.67. The highest BCUT2D eigenvalue weighted by Crippen LogP contribution is 2.24. The number of nitrogens with zero attached hydrogens (tertiary/aromatic N) is 2. The monoisotopic (exact) mass is 611 g/mol. The minimum absolute atomic E-state index is 0.0732. The number of carboxylic acids is 1. The lowest BCUT2D eigenvalue weighted by atomic mass is 9.92. The largest absolute Gasteiger partial charge is 0.487 e. The molecule has 0 unspecified atom stereocenters. The lowest BCUT2D eigenvalue weighted by molar-refractivity contribution is -0.136. The summed E-state index contributed by atoms with van der Waals surface area (Å²) >= 11 is 0. The van der Waals surface area contributed by atoms with Crippen LogP contribution in [0.15, 0.2) is 78.9 Å². The van der Waals surface area contributed by atoms with Gasteiger partial charge in [0.2, 0.25) is 0 Å². The number of carboxylic acid groups (broad SMARTS) is 1. The van der Waals surface area contributed by atoms with Crippen LogP contribution in [0.25, 0.3) is 0 Å². The number of carbonyl (C=O) groups is 1. The molecule has 0 bridgehead atoms. The van der Waals surface area contributed by atoms with Crippen LogP contribution in [0.2, 0.25) is 0 Å². The van der Waals surface area contributed by atoms with Crippen LogP contribution >= 0.6 is 0 Å². The van der Waals surface area contributed by atoms with Crippen LogP contribution in [-0.2, 0) is 46.4 Å². The second kappa shape index (κ2) is 14.8. The molecule has 11 heteroatoms. The molecule has 3 aromatic carbocycles. The van der Waals surface area contributed by atoms with Crippen LogP contribution in [0.3, 0.4) is 0 Å².